The van der Waals surface area contributed by atoms with Crippen molar-refractivity contribution in [1.82, 2.24) is 0 Å². The molecule has 0 saturated carbocycles. The summed E-state index contributed by atoms with van der Waals surface area (Å²) in [5.41, 5.74) is 0. The maximum absolute atomic E-state index is 10.2. The van der Waals surface area contributed by atoms with Crippen LogP contribution in [-0.2, 0) is 38.0 Å². The van der Waals surface area contributed by atoms with Gasteiger partial charge in [-0.2, -0.15) is 0 Å². The van der Waals surface area contributed by atoms with Gasteiger partial charge in [0.05, 0.1) is 92.3 Å². The lowest BCUT2D eigenvalue weighted by atomic mass is 10.5. The monoisotopic (exact) mass is 368 g/mol. The van der Waals surface area contributed by atoms with Crippen LogP contribution in [-0.4, -0.2) is 104 Å². The number of carbonyl (C=O) groups is 1. The fraction of sp³-hybridized carbons (Fsp3) is 0.938. The molecule has 0 saturated heterocycles. The van der Waals surface area contributed by atoms with E-state index >= 15 is 0 Å². The standard InChI is InChI=1S/C16H32O9/c1-19-4-5-21-8-9-23-12-13-25-15-14-24-11-10-22-7-6-20-3-2-16(17)18/h2-15H2,1H3,(H,17,18). The molecule has 0 aliphatic rings. The van der Waals surface area contributed by atoms with Crippen LogP contribution in [0.25, 0.3) is 0 Å². The van der Waals surface area contributed by atoms with Crippen LogP contribution in [0.15, 0.2) is 0 Å². The van der Waals surface area contributed by atoms with Gasteiger partial charge in [0.25, 0.3) is 0 Å². The van der Waals surface area contributed by atoms with Gasteiger partial charge in [-0.3, -0.25) is 4.79 Å². The van der Waals surface area contributed by atoms with Crippen LogP contribution in [0.4, 0.5) is 0 Å². The van der Waals surface area contributed by atoms with Crippen LogP contribution in [0.5, 0.6) is 0 Å². The molecule has 0 fully saturated rings. The van der Waals surface area contributed by atoms with Gasteiger partial charge in [0.2, 0.25) is 0 Å². The van der Waals surface area contributed by atoms with Crippen molar-refractivity contribution in [2.45, 2.75) is 6.42 Å². The number of ether oxygens (including phenoxy) is 7. The molecule has 9 nitrogen and oxygen atoms in total. The minimum atomic E-state index is -0.866. The Labute approximate surface area is 149 Å². The quantitative estimate of drug-likeness (QED) is 0.285. The number of carboxylic acids is 1. The van der Waals surface area contributed by atoms with E-state index < -0.39 is 5.97 Å². The van der Waals surface area contributed by atoms with Gasteiger partial charge in [-0.05, 0) is 0 Å². The smallest absolute Gasteiger partial charge is 0.305 e. The Morgan fingerprint density at radius 3 is 1.12 bits per heavy atom. The van der Waals surface area contributed by atoms with Crippen molar-refractivity contribution in [2.24, 2.45) is 0 Å². The second-order valence-corrected chi connectivity index (χ2v) is 4.81. The topological polar surface area (TPSA) is 102 Å². The maximum Gasteiger partial charge on any atom is 0.305 e. The molecule has 0 aliphatic carbocycles. The summed E-state index contributed by atoms with van der Waals surface area (Å²) < 4.78 is 36.5. The molecule has 0 bridgehead atoms. The molecule has 0 aromatic rings. The highest BCUT2D eigenvalue weighted by Gasteiger charge is 1.96. The van der Waals surface area contributed by atoms with E-state index in [1.54, 1.807) is 7.11 Å². The normalized spacial score (nSPS) is 11.1. The summed E-state index contributed by atoms with van der Waals surface area (Å²) in [6.45, 7) is 6.27. The Kier molecular flexibility index (Phi) is 20.5. The predicted octanol–water partition coefficient (Wildman–Crippen LogP) is 0.207. The molecule has 9 heteroatoms. The maximum atomic E-state index is 10.2. The first-order valence-corrected chi connectivity index (χ1v) is 8.44. The highest BCUT2D eigenvalue weighted by molar-refractivity contribution is 5.66. The lowest BCUT2D eigenvalue weighted by molar-refractivity contribution is -0.138. The van der Waals surface area contributed by atoms with Crippen molar-refractivity contribution in [2.75, 3.05) is 93.0 Å². The highest BCUT2D eigenvalue weighted by atomic mass is 16.6. The van der Waals surface area contributed by atoms with Crippen LogP contribution >= 0.6 is 0 Å². The van der Waals surface area contributed by atoms with Gasteiger partial charge in [0.15, 0.2) is 0 Å². The average Bonchev–Trinajstić information content (AvgIpc) is 2.60. The highest BCUT2D eigenvalue weighted by Crippen LogP contribution is 1.86. The van der Waals surface area contributed by atoms with Crippen molar-refractivity contribution in [3.8, 4) is 0 Å². The molecule has 0 aromatic carbocycles. The molecule has 0 amide bonds. The molecule has 1 N–H and O–H groups in total. The van der Waals surface area contributed by atoms with E-state index in [4.69, 9.17) is 38.3 Å². The second kappa shape index (κ2) is 21.2. The Balaban J connectivity index is 2.97. The van der Waals surface area contributed by atoms with Crippen molar-refractivity contribution < 1.29 is 43.1 Å². The molecule has 0 aliphatic heterocycles. The summed E-state index contributed by atoms with van der Waals surface area (Å²) in [6, 6.07) is 0. The van der Waals surface area contributed by atoms with E-state index in [-0.39, 0.29) is 13.0 Å². The number of aliphatic carboxylic acids is 1. The predicted molar refractivity (Wildman–Crippen MR) is 89.0 cm³/mol. The third kappa shape index (κ3) is 23.2. The number of rotatable bonds is 21. The number of carboxylic acid groups (broad SMARTS) is 1. The molecule has 25 heavy (non-hydrogen) atoms. The lowest BCUT2D eigenvalue weighted by Crippen LogP contribution is -2.14. The lowest BCUT2D eigenvalue weighted by Gasteiger charge is -2.08. The van der Waals surface area contributed by atoms with Gasteiger partial charge in [0.1, 0.15) is 0 Å². The summed E-state index contributed by atoms with van der Waals surface area (Å²) in [5, 5.41) is 8.41. The minimum absolute atomic E-state index is 0.0102. The van der Waals surface area contributed by atoms with E-state index in [9.17, 15) is 4.79 Å². The SMILES string of the molecule is COCCOCCOCCOCCOCCOCCOCCC(=O)O. The number of hydrogen-bond acceptors (Lipinski definition) is 8. The summed E-state index contributed by atoms with van der Waals surface area (Å²) >= 11 is 0. The number of methoxy groups -OCH3 is 1. The van der Waals surface area contributed by atoms with Crippen molar-refractivity contribution in [3.05, 3.63) is 0 Å². The fourth-order valence-electron chi connectivity index (χ4n) is 1.50. The average molecular weight is 368 g/mol. The first-order chi connectivity index (χ1) is 12.3. The molecule has 0 rings (SSSR count). The van der Waals surface area contributed by atoms with Crippen LogP contribution in [0.2, 0.25) is 0 Å². The molecular weight excluding hydrogens is 336 g/mol. The van der Waals surface area contributed by atoms with Gasteiger partial charge in [-0.15, -0.1) is 0 Å². The molecule has 0 heterocycles. The zero-order valence-electron chi connectivity index (χ0n) is 15.1. The van der Waals surface area contributed by atoms with Crippen LogP contribution in [0.1, 0.15) is 6.42 Å². The zero-order chi connectivity index (χ0) is 18.4. The van der Waals surface area contributed by atoms with Gasteiger partial charge < -0.3 is 38.3 Å². The molecule has 0 aromatic heterocycles. The molecular formula is C16H32O9. The zero-order valence-corrected chi connectivity index (χ0v) is 15.1. The van der Waals surface area contributed by atoms with Crippen LogP contribution in [0.3, 0.4) is 0 Å². The number of hydrogen-bond donors (Lipinski definition) is 1. The van der Waals surface area contributed by atoms with Gasteiger partial charge in [-0.25, -0.2) is 0 Å². The summed E-state index contributed by atoms with van der Waals surface area (Å²) in [6.07, 6.45) is 0.0102. The minimum Gasteiger partial charge on any atom is -0.481 e. The van der Waals surface area contributed by atoms with Crippen LogP contribution in [0, 0.1) is 0 Å². The third-order valence-corrected chi connectivity index (χ3v) is 2.75. The molecule has 0 unspecified atom stereocenters. The Hall–Kier alpha value is -0.810. The van der Waals surface area contributed by atoms with E-state index in [1.165, 1.54) is 0 Å². The Morgan fingerprint density at radius 1 is 0.560 bits per heavy atom. The Morgan fingerprint density at radius 2 is 0.840 bits per heavy atom. The second-order valence-electron chi connectivity index (χ2n) is 4.81. The van der Waals surface area contributed by atoms with E-state index in [0.717, 1.165) is 0 Å². The summed E-state index contributed by atoms with van der Waals surface area (Å²) in [5.74, 6) is -0.866. The van der Waals surface area contributed by atoms with E-state index in [1.807, 2.05) is 0 Å². The first-order valence-electron chi connectivity index (χ1n) is 8.44. The van der Waals surface area contributed by atoms with E-state index in [2.05, 4.69) is 0 Å². The first kappa shape index (κ1) is 24.2. The largest absolute Gasteiger partial charge is 0.481 e. The van der Waals surface area contributed by atoms with Gasteiger partial charge in [0, 0.05) is 7.11 Å². The van der Waals surface area contributed by atoms with Gasteiger partial charge >= 0.3 is 5.97 Å². The Bertz CT molecular complexity index is 276. The summed E-state index contributed by atoms with van der Waals surface area (Å²) in [4.78, 5) is 10.2. The molecule has 0 atom stereocenters. The van der Waals surface area contributed by atoms with Crippen molar-refractivity contribution in [3.63, 3.8) is 0 Å². The van der Waals surface area contributed by atoms with Crippen LogP contribution < -0.4 is 0 Å². The van der Waals surface area contributed by atoms with Gasteiger partial charge in [-0.1, -0.05) is 0 Å². The summed E-state index contributed by atoms with van der Waals surface area (Å²) in [7, 11) is 1.64. The molecule has 0 spiro atoms. The molecule has 0 radical (unpaired) electrons. The van der Waals surface area contributed by atoms with E-state index in [0.29, 0.717) is 79.3 Å². The molecule has 150 valence electrons. The fourth-order valence-corrected chi connectivity index (χ4v) is 1.50. The third-order valence-electron chi connectivity index (χ3n) is 2.75. The van der Waals surface area contributed by atoms with Crippen molar-refractivity contribution in [1.29, 1.82) is 0 Å². The van der Waals surface area contributed by atoms with Crippen molar-refractivity contribution >= 4 is 5.97 Å².